The average molecular weight is 277 g/mol. The molecule has 1 N–H and O–H groups in total. The summed E-state index contributed by atoms with van der Waals surface area (Å²) in [6.07, 6.45) is 3.89. The molecule has 0 aliphatic carbocycles. The third kappa shape index (κ3) is 3.39. The van der Waals surface area contributed by atoms with Crippen LogP contribution in [0.4, 0.5) is 11.6 Å². The summed E-state index contributed by atoms with van der Waals surface area (Å²) < 4.78 is 0. The lowest BCUT2D eigenvalue weighted by Crippen LogP contribution is -2.47. The fourth-order valence-electron chi connectivity index (χ4n) is 2.82. The number of aromatic nitrogens is 2. The third-order valence-electron chi connectivity index (χ3n) is 3.83. The second-order valence-electron chi connectivity index (χ2n) is 5.24. The van der Waals surface area contributed by atoms with E-state index in [2.05, 4.69) is 45.9 Å². The molecule has 0 aromatic carbocycles. The van der Waals surface area contributed by atoms with Gasteiger partial charge in [-0.3, -0.25) is 4.90 Å². The Bertz CT molecular complexity index is 413. The molecule has 1 aliphatic heterocycles. The molecular weight excluding hydrogens is 250 g/mol. The highest BCUT2D eigenvalue weighted by Gasteiger charge is 2.20. The molecule has 1 fully saturated rings. The molecule has 1 saturated heterocycles. The van der Waals surface area contributed by atoms with Gasteiger partial charge in [-0.25, -0.2) is 9.97 Å². The van der Waals surface area contributed by atoms with Crippen LogP contribution in [0.25, 0.3) is 0 Å². The number of piperazine rings is 1. The number of hydrogen-bond acceptors (Lipinski definition) is 5. The van der Waals surface area contributed by atoms with Gasteiger partial charge in [0, 0.05) is 38.3 Å². The van der Waals surface area contributed by atoms with Crippen LogP contribution in [0.15, 0.2) is 6.33 Å². The molecule has 20 heavy (non-hydrogen) atoms. The summed E-state index contributed by atoms with van der Waals surface area (Å²) in [6.45, 7) is 13.0. The van der Waals surface area contributed by atoms with Crippen LogP contribution in [-0.4, -0.2) is 54.1 Å². The second kappa shape index (κ2) is 7.43. The van der Waals surface area contributed by atoms with Crippen molar-refractivity contribution in [2.45, 2.75) is 33.6 Å². The Morgan fingerprint density at radius 3 is 2.45 bits per heavy atom. The Morgan fingerprint density at radius 1 is 1.10 bits per heavy atom. The minimum absolute atomic E-state index is 0.897. The Kier molecular flexibility index (Phi) is 5.59. The van der Waals surface area contributed by atoms with Crippen molar-refractivity contribution < 1.29 is 0 Å². The number of rotatable bonds is 6. The van der Waals surface area contributed by atoms with E-state index in [1.165, 1.54) is 18.5 Å². The van der Waals surface area contributed by atoms with Gasteiger partial charge in [-0.05, 0) is 26.3 Å². The topological polar surface area (TPSA) is 44.3 Å². The van der Waals surface area contributed by atoms with Gasteiger partial charge < -0.3 is 10.2 Å². The smallest absolute Gasteiger partial charge is 0.137 e. The maximum atomic E-state index is 4.54. The third-order valence-corrected chi connectivity index (χ3v) is 3.83. The van der Waals surface area contributed by atoms with Crippen molar-refractivity contribution in [1.82, 2.24) is 14.9 Å². The highest BCUT2D eigenvalue weighted by molar-refractivity contribution is 5.59. The van der Waals surface area contributed by atoms with Crippen molar-refractivity contribution in [3.05, 3.63) is 11.9 Å². The van der Waals surface area contributed by atoms with Crippen molar-refractivity contribution in [3.63, 3.8) is 0 Å². The predicted molar refractivity (Wildman–Crippen MR) is 84.5 cm³/mol. The van der Waals surface area contributed by atoms with E-state index in [0.29, 0.717) is 0 Å². The zero-order chi connectivity index (χ0) is 14.4. The van der Waals surface area contributed by atoms with Crippen LogP contribution in [0, 0.1) is 0 Å². The fraction of sp³-hybridized carbons (Fsp3) is 0.733. The maximum Gasteiger partial charge on any atom is 0.137 e. The zero-order valence-corrected chi connectivity index (χ0v) is 13.0. The lowest BCUT2D eigenvalue weighted by Gasteiger charge is -2.36. The molecule has 0 spiro atoms. The highest BCUT2D eigenvalue weighted by atomic mass is 15.3. The van der Waals surface area contributed by atoms with Gasteiger partial charge in [0.25, 0.3) is 0 Å². The summed E-state index contributed by atoms with van der Waals surface area (Å²) in [5, 5.41) is 3.35. The van der Waals surface area contributed by atoms with Crippen molar-refractivity contribution in [2.24, 2.45) is 0 Å². The van der Waals surface area contributed by atoms with E-state index in [1.54, 1.807) is 6.33 Å². The summed E-state index contributed by atoms with van der Waals surface area (Å²) in [5.74, 6) is 2.12. The first-order chi connectivity index (χ1) is 9.80. The fourth-order valence-corrected chi connectivity index (χ4v) is 2.82. The van der Waals surface area contributed by atoms with Crippen molar-refractivity contribution in [3.8, 4) is 0 Å². The number of anilines is 2. The molecule has 0 saturated carbocycles. The van der Waals surface area contributed by atoms with Crippen LogP contribution in [0.5, 0.6) is 0 Å². The van der Waals surface area contributed by atoms with Crippen LogP contribution >= 0.6 is 0 Å². The number of nitrogens with zero attached hydrogens (tertiary/aromatic N) is 4. The monoisotopic (exact) mass is 277 g/mol. The van der Waals surface area contributed by atoms with Gasteiger partial charge in [-0.2, -0.15) is 0 Å². The zero-order valence-electron chi connectivity index (χ0n) is 13.0. The van der Waals surface area contributed by atoms with E-state index in [9.17, 15) is 0 Å². The molecule has 0 bridgehead atoms. The summed E-state index contributed by atoms with van der Waals surface area (Å²) in [4.78, 5) is 13.9. The van der Waals surface area contributed by atoms with Gasteiger partial charge in [-0.1, -0.05) is 13.8 Å². The largest absolute Gasteiger partial charge is 0.370 e. The minimum Gasteiger partial charge on any atom is -0.370 e. The first-order valence-electron chi connectivity index (χ1n) is 7.85. The van der Waals surface area contributed by atoms with E-state index < -0.39 is 0 Å². The first-order valence-corrected chi connectivity index (χ1v) is 7.85. The van der Waals surface area contributed by atoms with Gasteiger partial charge in [0.1, 0.15) is 18.0 Å². The molecule has 0 atom stereocenters. The summed E-state index contributed by atoms with van der Waals surface area (Å²) >= 11 is 0. The molecular formula is C15H27N5. The molecule has 0 unspecified atom stereocenters. The Balaban J connectivity index is 2.11. The number of nitrogens with one attached hydrogen (secondary N) is 1. The molecule has 0 amide bonds. The summed E-state index contributed by atoms with van der Waals surface area (Å²) in [5.41, 5.74) is 1.25. The van der Waals surface area contributed by atoms with Crippen molar-refractivity contribution in [1.29, 1.82) is 0 Å². The highest BCUT2D eigenvalue weighted by Crippen LogP contribution is 2.24. The van der Waals surface area contributed by atoms with Gasteiger partial charge >= 0.3 is 0 Å². The van der Waals surface area contributed by atoms with Gasteiger partial charge in [0.15, 0.2) is 0 Å². The molecule has 112 valence electrons. The van der Waals surface area contributed by atoms with E-state index in [-0.39, 0.29) is 0 Å². The molecule has 5 nitrogen and oxygen atoms in total. The molecule has 1 aliphatic rings. The summed E-state index contributed by atoms with van der Waals surface area (Å²) in [6, 6.07) is 0. The lowest BCUT2D eigenvalue weighted by molar-refractivity contribution is 0.258. The van der Waals surface area contributed by atoms with E-state index in [0.717, 1.165) is 50.8 Å². The standard InChI is InChI=1S/C15H27N5/c1-4-7-19-8-10-20(11-9-19)15-13(5-2)14(16-6-3)17-12-18-15/h12H,4-11H2,1-3H3,(H,16,17,18). The molecule has 2 heterocycles. The van der Waals surface area contributed by atoms with Crippen LogP contribution < -0.4 is 10.2 Å². The van der Waals surface area contributed by atoms with E-state index in [1.807, 2.05) is 0 Å². The first kappa shape index (κ1) is 15.0. The predicted octanol–water partition coefficient (Wildman–Crippen LogP) is 2.00. The van der Waals surface area contributed by atoms with Crippen LogP contribution in [0.2, 0.25) is 0 Å². The Labute approximate surface area is 122 Å². The maximum absolute atomic E-state index is 4.54. The molecule has 1 aromatic heterocycles. The van der Waals surface area contributed by atoms with Crippen LogP contribution in [-0.2, 0) is 6.42 Å². The molecule has 1 aromatic rings. The van der Waals surface area contributed by atoms with Crippen molar-refractivity contribution in [2.75, 3.05) is 49.5 Å². The number of hydrogen-bond donors (Lipinski definition) is 1. The lowest BCUT2D eigenvalue weighted by atomic mass is 10.2. The van der Waals surface area contributed by atoms with Gasteiger partial charge in [-0.15, -0.1) is 0 Å². The van der Waals surface area contributed by atoms with Gasteiger partial charge in [0.05, 0.1) is 0 Å². The van der Waals surface area contributed by atoms with Crippen molar-refractivity contribution >= 4 is 11.6 Å². The Morgan fingerprint density at radius 2 is 1.85 bits per heavy atom. The SMILES string of the molecule is CCCN1CCN(c2ncnc(NCC)c2CC)CC1. The Hall–Kier alpha value is -1.36. The molecule has 0 radical (unpaired) electrons. The summed E-state index contributed by atoms with van der Waals surface area (Å²) in [7, 11) is 0. The average Bonchev–Trinajstić information content (AvgIpc) is 2.48. The second-order valence-corrected chi connectivity index (χ2v) is 5.24. The van der Waals surface area contributed by atoms with E-state index in [4.69, 9.17) is 0 Å². The van der Waals surface area contributed by atoms with Crippen LogP contribution in [0.3, 0.4) is 0 Å². The van der Waals surface area contributed by atoms with E-state index >= 15 is 0 Å². The normalized spacial score (nSPS) is 16.4. The quantitative estimate of drug-likeness (QED) is 0.861. The minimum atomic E-state index is 0.897. The molecule has 2 rings (SSSR count). The molecule has 5 heteroatoms. The van der Waals surface area contributed by atoms with Gasteiger partial charge in [0.2, 0.25) is 0 Å². The van der Waals surface area contributed by atoms with Crippen LogP contribution in [0.1, 0.15) is 32.8 Å².